The molecular formula is C13H14O3. The molecule has 3 unspecified atom stereocenters. The van der Waals surface area contributed by atoms with E-state index in [2.05, 4.69) is 12.2 Å². The summed E-state index contributed by atoms with van der Waals surface area (Å²) in [5.41, 5.74) is -0.674. The molecule has 3 rings (SSSR count). The molecule has 0 aromatic rings. The molecular weight excluding hydrogens is 204 g/mol. The van der Waals surface area contributed by atoms with Crippen molar-refractivity contribution in [1.29, 1.82) is 0 Å². The van der Waals surface area contributed by atoms with Crippen LogP contribution in [-0.2, 0) is 14.3 Å². The molecule has 1 saturated carbocycles. The fraction of sp³-hybridized carbons (Fsp3) is 0.538. The predicted molar refractivity (Wildman–Crippen MR) is 57.4 cm³/mol. The van der Waals surface area contributed by atoms with Crippen molar-refractivity contribution in [3.63, 3.8) is 0 Å². The summed E-state index contributed by atoms with van der Waals surface area (Å²) in [5.74, 6) is 0.0616. The van der Waals surface area contributed by atoms with Crippen LogP contribution in [0.25, 0.3) is 0 Å². The van der Waals surface area contributed by atoms with Gasteiger partial charge in [-0.15, -0.1) is 0 Å². The molecule has 0 aliphatic heterocycles. The molecule has 3 nitrogen and oxygen atoms in total. The first-order valence-corrected chi connectivity index (χ1v) is 5.78. The fourth-order valence-corrected chi connectivity index (χ4v) is 3.51. The van der Waals surface area contributed by atoms with Crippen LogP contribution in [-0.4, -0.2) is 18.4 Å². The summed E-state index contributed by atoms with van der Waals surface area (Å²) < 4.78 is 5.16. The molecule has 0 aromatic heterocycles. The van der Waals surface area contributed by atoms with E-state index < -0.39 is 5.41 Å². The van der Waals surface area contributed by atoms with Crippen LogP contribution in [0.5, 0.6) is 0 Å². The molecule has 0 radical (unpaired) electrons. The van der Waals surface area contributed by atoms with Crippen LogP contribution in [0.2, 0.25) is 0 Å². The molecule has 3 aliphatic carbocycles. The molecule has 2 bridgehead atoms. The summed E-state index contributed by atoms with van der Waals surface area (Å²) >= 11 is 0. The standard InChI is InChI=1S/C13H14O3/c1-2-16-12(15)13-6-5-10(14)11(13)8-3-4-9(13)7-8/h3-6,8-9,11H,2,7H2,1H3/t8?,9?,11?,13-/m0/s1. The van der Waals surface area contributed by atoms with Crippen molar-refractivity contribution in [1.82, 2.24) is 0 Å². The zero-order valence-corrected chi connectivity index (χ0v) is 9.18. The summed E-state index contributed by atoms with van der Waals surface area (Å²) in [6.45, 7) is 2.17. The van der Waals surface area contributed by atoms with Gasteiger partial charge in [0, 0.05) is 5.92 Å². The Morgan fingerprint density at radius 1 is 1.56 bits per heavy atom. The molecule has 3 aliphatic rings. The van der Waals surface area contributed by atoms with E-state index in [1.807, 2.05) is 0 Å². The monoisotopic (exact) mass is 218 g/mol. The molecule has 0 saturated heterocycles. The lowest BCUT2D eigenvalue weighted by Crippen LogP contribution is -2.41. The first-order valence-electron chi connectivity index (χ1n) is 5.78. The molecule has 0 N–H and O–H groups in total. The number of allylic oxidation sites excluding steroid dienone is 3. The lowest BCUT2D eigenvalue weighted by atomic mass is 9.70. The predicted octanol–water partition coefficient (Wildman–Crippen LogP) is 1.50. The van der Waals surface area contributed by atoms with E-state index in [-0.39, 0.29) is 29.5 Å². The number of hydrogen-bond acceptors (Lipinski definition) is 3. The average Bonchev–Trinajstić information content (AvgIpc) is 2.90. The van der Waals surface area contributed by atoms with E-state index in [0.29, 0.717) is 6.61 Å². The zero-order valence-electron chi connectivity index (χ0n) is 9.18. The Labute approximate surface area is 94.2 Å². The first kappa shape index (κ1) is 9.82. The van der Waals surface area contributed by atoms with Crippen LogP contribution < -0.4 is 0 Å². The number of rotatable bonds is 2. The van der Waals surface area contributed by atoms with E-state index in [1.165, 1.54) is 0 Å². The van der Waals surface area contributed by atoms with Crippen LogP contribution >= 0.6 is 0 Å². The summed E-state index contributed by atoms with van der Waals surface area (Å²) in [6, 6.07) is 0. The van der Waals surface area contributed by atoms with Crippen molar-refractivity contribution < 1.29 is 14.3 Å². The van der Waals surface area contributed by atoms with Crippen molar-refractivity contribution in [3.8, 4) is 0 Å². The van der Waals surface area contributed by atoms with Gasteiger partial charge in [0.15, 0.2) is 5.78 Å². The van der Waals surface area contributed by atoms with Crippen LogP contribution in [0, 0.1) is 23.2 Å². The van der Waals surface area contributed by atoms with E-state index in [1.54, 1.807) is 19.1 Å². The van der Waals surface area contributed by atoms with Gasteiger partial charge in [0.2, 0.25) is 0 Å². The Kier molecular flexibility index (Phi) is 1.88. The molecule has 4 atom stereocenters. The number of carbonyl (C=O) groups excluding carboxylic acids is 2. The minimum Gasteiger partial charge on any atom is -0.465 e. The highest BCUT2D eigenvalue weighted by Gasteiger charge is 2.64. The van der Waals surface area contributed by atoms with Crippen LogP contribution in [0.15, 0.2) is 24.3 Å². The molecule has 1 fully saturated rings. The van der Waals surface area contributed by atoms with Gasteiger partial charge in [-0.05, 0) is 31.3 Å². The van der Waals surface area contributed by atoms with Crippen molar-refractivity contribution in [2.75, 3.05) is 6.61 Å². The molecule has 0 amide bonds. The average molecular weight is 218 g/mol. The summed E-state index contributed by atoms with van der Waals surface area (Å²) in [4.78, 5) is 24.0. The third-order valence-electron chi connectivity index (χ3n) is 4.13. The summed E-state index contributed by atoms with van der Waals surface area (Å²) in [6.07, 6.45) is 8.41. The maximum Gasteiger partial charge on any atom is 0.317 e. The van der Waals surface area contributed by atoms with E-state index in [9.17, 15) is 9.59 Å². The van der Waals surface area contributed by atoms with Gasteiger partial charge in [-0.25, -0.2) is 0 Å². The quantitative estimate of drug-likeness (QED) is 0.521. The minimum absolute atomic E-state index is 0.0879. The van der Waals surface area contributed by atoms with Crippen LogP contribution in [0.1, 0.15) is 13.3 Å². The van der Waals surface area contributed by atoms with Gasteiger partial charge in [-0.3, -0.25) is 9.59 Å². The number of ketones is 1. The van der Waals surface area contributed by atoms with Gasteiger partial charge in [0.05, 0.1) is 6.61 Å². The second-order valence-electron chi connectivity index (χ2n) is 4.76. The molecule has 16 heavy (non-hydrogen) atoms. The fourth-order valence-electron chi connectivity index (χ4n) is 3.51. The van der Waals surface area contributed by atoms with Gasteiger partial charge >= 0.3 is 5.97 Å². The number of hydrogen-bond donors (Lipinski definition) is 0. The van der Waals surface area contributed by atoms with E-state index >= 15 is 0 Å². The maximum absolute atomic E-state index is 12.1. The summed E-state index contributed by atoms with van der Waals surface area (Å²) in [5, 5.41) is 0. The normalized spacial score (nSPS) is 42.8. The largest absolute Gasteiger partial charge is 0.465 e. The molecule has 0 heterocycles. The Morgan fingerprint density at radius 3 is 3.12 bits per heavy atom. The number of ether oxygens (including phenoxy) is 1. The highest BCUT2D eigenvalue weighted by Crippen LogP contribution is 2.60. The highest BCUT2D eigenvalue weighted by atomic mass is 16.5. The van der Waals surface area contributed by atoms with E-state index in [0.717, 1.165) is 6.42 Å². The SMILES string of the molecule is CCOC(=O)[C@]12C=CC(=O)C1C1C=CC2C1. The van der Waals surface area contributed by atoms with Crippen LogP contribution in [0.4, 0.5) is 0 Å². The smallest absolute Gasteiger partial charge is 0.317 e. The second kappa shape index (κ2) is 3.06. The van der Waals surface area contributed by atoms with Crippen molar-refractivity contribution >= 4 is 11.8 Å². The van der Waals surface area contributed by atoms with Crippen molar-refractivity contribution in [3.05, 3.63) is 24.3 Å². The first-order chi connectivity index (χ1) is 7.70. The Morgan fingerprint density at radius 2 is 2.38 bits per heavy atom. The highest BCUT2D eigenvalue weighted by molar-refractivity contribution is 6.03. The van der Waals surface area contributed by atoms with Gasteiger partial charge in [0.1, 0.15) is 5.41 Å². The van der Waals surface area contributed by atoms with Crippen LogP contribution in [0.3, 0.4) is 0 Å². The number of esters is 1. The third kappa shape index (κ3) is 0.938. The van der Waals surface area contributed by atoms with Gasteiger partial charge in [-0.2, -0.15) is 0 Å². The minimum atomic E-state index is -0.674. The lowest BCUT2D eigenvalue weighted by Gasteiger charge is -2.32. The van der Waals surface area contributed by atoms with Crippen molar-refractivity contribution in [2.24, 2.45) is 23.2 Å². The van der Waals surface area contributed by atoms with E-state index in [4.69, 9.17) is 4.74 Å². The molecule has 0 spiro atoms. The Bertz CT molecular complexity index is 421. The Hall–Kier alpha value is -1.38. The zero-order chi connectivity index (χ0) is 11.3. The van der Waals surface area contributed by atoms with Crippen molar-refractivity contribution in [2.45, 2.75) is 13.3 Å². The topological polar surface area (TPSA) is 43.4 Å². The molecule has 0 aromatic carbocycles. The van der Waals surface area contributed by atoms with Gasteiger partial charge in [0.25, 0.3) is 0 Å². The van der Waals surface area contributed by atoms with Gasteiger partial charge in [-0.1, -0.05) is 18.2 Å². The second-order valence-corrected chi connectivity index (χ2v) is 4.76. The maximum atomic E-state index is 12.1. The number of carbonyl (C=O) groups is 2. The summed E-state index contributed by atoms with van der Waals surface area (Å²) in [7, 11) is 0. The molecule has 3 heteroatoms. The molecule has 84 valence electrons. The Balaban J connectivity index is 2.04. The lowest BCUT2D eigenvalue weighted by molar-refractivity contribution is -0.157. The number of fused-ring (bicyclic) bond motifs is 5. The van der Waals surface area contributed by atoms with Gasteiger partial charge < -0.3 is 4.74 Å². The third-order valence-corrected chi connectivity index (χ3v) is 4.13.